The molecular weight excluding hydrogens is 300 g/mol. The molecule has 4 N–H and O–H groups in total. The van der Waals surface area contributed by atoms with Crippen LogP contribution in [0.15, 0.2) is 49.3 Å². The third kappa shape index (κ3) is 7.12. The van der Waals surface area contributed by atoms with Crippen LogP contribution in [-0.4, -0.2) is 39.6 Å². The highest BCUT2D eigenvalue weighted by Gasteiger charge is 2.32. The molecule has 2 amide bonds. The number of carbonyl (C=O) groups is 3. The number of nitrogens with one attached hydrogen (secondary N) is 2. The average Bonchev–Trinajstić information content (AvgIpc) is 2.46. The van der Waals surface area contributed by atoms with Crippen LogP contribution in [0.4, 0.5) is 0 Å². The molecule has 7 nitrogen and oxygen atoms in total. The zero-order valence-corrected chi connectivity index (χ0v) is 13.2. The van der Waals surface area contributed by atoms with Gasteiger partial charge in [-0.15, -0.1) is 0 Å². The molecule has 0 saturated carbocycles. The van der Waals surface area contributed by atoms with E-state index < -0.39 is 29.4 Å². The van der Waals surface area contributed by atoms with Gasteiger partial charge in [-0.1, -0.05) is 25.3 Å². The summed E-state index contributed by atoms with van der Waals surface area (Å²) in [6, 6.07) is -1.23. The highest BCUT2D eigenvalue weighted by Crippen LogP contribution is 2.10. The van der Waals surface area contributed by atoms with Gasteiger partial charge in [0.05, 0.1) is 6.26 Å². The number of hydrogen-bond donors (Lipinski definition) is 4. The van der Waals surface area contributed by atoms with E-state index in [4.69, 9.17) is 5.11 Å². The Bertz CT molecular complexity index is 547. The fraction of sp³-hybridized carbons (Fsp3) is 0.312. The number of aliphatic carboxylic acids is 1. The van der Waals surface area contributed by atoms with Gasteiger partial charge in [0.25, 0.3) is 0 Å². The molecule has 7 heteroatoms. The molecule has 23 heavy (non-hydrogen) atoms. The van der Waals surface area contributed by atoms with Gasteiger partial charge in [0.15, 0.2) is 0 Å². The van der Waals surface area contributed by atoms with E-state index in [1.165, 1.54) is 32.1 Å². The minimum atomic E-state index is -1.31. The minimum Gasteiger partial charge on any atom is -0.516 e. The van der Waals surface area contributed by atoms with Gasteiger partial charge in [-0.05, 0) is 31.6 Å². The van der Waals surface area contributed by atoms with Crippen LogP contribution in [-0.2, 0) is 14.4 Å². The van der Waals surface area contributed by atoms with E-state index in [0.29, 0.717) is 5.57 Å². The largest absolute Gasteiger partial charge is 0.516 e. The lowest BCUT2D eigenvalue weighted by Gasteiger charge is -2.26. The number of aliphatic hydroxyl groups excluding tert-OH is 1. The van der Waals surface area contributed by atoms with Crippen LogP contribution in [0.3, 0.4) is 0 Å². The normalized spacial score (nSPS) is 13.2. The molecule has 0 heterocycles. The number of aliphatic hydroxyl groups is 1. The maximum atomic E-state index is 12.2. The molecule has 1 unspecified atom stereocenters. The maximum absolute atomic E-state index is 12.2. The molecular formula is C16H22N2O5. The fourth-order valence-corrected chi connectivity index (χ4v) is 1.63. The molecule has 0 aliphatic heterocycles. The molecule has 0 rings (SSSR count). The van der Waals surface area contributed by atoms with Gasteiger partial charge in [0.1, 0.15) is 11.6 Å². The first-order chi connectivity index (χ1) is 10.7. The first kappa shape index (κ1) is 20.2. The lowest BCUT2D eigenvalue weighted by atomic mass is 10.0. The molecule has 0 saturated heterocycles. The van der Waals surface area contributed by atoms with Gasteiger partial charge >= 0.3 is 5.97 Å². The van der Waals surface area contributed by atoms with Gasteiger partial charge in [0.2, 0.25) is 11.8 Å². The average molecular weight is 322 g/mol. The van der Waals surface area contributed by atoms with Gasteiger partial charge in [-0.2, -0.15) is 0 Å². The van der Waals surface area contributed by atoms with E-state index in [2.05, 4.69) is 23.8 Å². The molecule has 1 atom stereocenters. The van der Waals surface area contributed by atoms with Crippen molar-refractivity contribution in [2.24, 2.45) is 0 Å². The Morgan fingerprint density at radius 1 is 1.26 bits per heavy atom. The predicted molar refractivity (Wildman–Crippen MR) is 86.7 cm³/mol. The number of carboxylic acids is 1. The van der Waals surface area contributed by atoms with Gasteiger partial charge in [-0.3, -0.25) is 9.59 Å². The van der Waals surface area contributed by atoms with E-state index in [-0.39, 0.29) is 6.42 Å². The molecule has 0 aromatic carbocycles. The van der Waals surface area contributed by atoms with Crippen LogP contribution < -0.4 is 10.6 Å². The zero-order valence-electron chi connectivity index (χ0n) is 13.2. The lowest BCUT2D eigenvalue weighted by molar-refractivity contribution is -0.142. The van der Waals surface area contributed by atoms with Crippen LogP contribution in [0.25, 0.3) is 0 Å². The van der Waals surface area contributed by atoms with Crippen molar-refractivity contribution < 1.29 is 24.6 Å². The van der Waals surface area contributed by atoms with Crippen LogP contribution in [0.1, 0.15) is 20.3 Å². The predicted octanol–water partition coefficient (Wildman–Crippen LogP) is 1.21. The van der Waals surface area contributed by atoms with Crippen molar-refractivity contribution in [1.82, 2.24) is 10.6 Å². The lowest BCUT2D eigenvalue weighted by Crippen LogP contribution is -2.57. The number of carbonyl (C=O) groups excluding carboxylic acids is 2. The summed E-state index contributed by atoms with van der Waals surface area (Å²) in [5.74, 6) is -2.45. The fourth-order valence-electron chi connectivity index (χ4n) is 1.63. The van der Waals surface area contributed by atoms with Crippen molar-refractivity contribution in [3.8, 4) is 0 Å². The Kier molecular flexibility index (Phi) is 8.10. The Labute approximate surface area is 135 Å². The summed E-state index contributed by atoms with van der Waals surface area (Å²) < 4.78 is 0. The Morgan fingerprint density at radius 2 is 1.87 bits per heavy atom. The van der Waals surface area contributed by atoms with Crippen LogP contribution in [0.5, 0.6) is 0 Å². The van der Waals surface area contributed by atoms with Crippen LogP contribution in [0.2, 0.25) is 0 Å². The van der Waals surface area contributed by atoms with Crippen molar-refractivity contribution >= 4 is 17.8 Å². The van der Waals surface area contributed by atoms with Crippen molar-refractivity contribution in [2.75, 3.05) is 0 Å². The number of amides is 2. The molecule has 0 aliphatic rings. The minimum absolute atomic E-state index is 0.0599. The van der Waals surface area contributed by atoms with Crippen molar-refractivity contribution in [3.63, 3.8) is 0 Å². The number of carboxylic acid groups (broad SMARTS) is 1. The quantitative estimate of drug-likeness (QED) is 0.289. The Morgan fingerprint density at radius 3 is 2.30 bits per heavy atom. The van der Waals surface area contributed by atoms with Crippen LogP contribution in [0, 0.1) is 0 Å². The number of rotatable bonds is 9. The van der Waals surface area contributed by atoms with Crippen LogP contribution >= 0.6 is 0 Å². The van der Waals surface area contributed by atoms with E-state index >= 15 is 0 Å². The van der Waals surface area contributed by atoms with Gasteiger partial charge < -0.3 is 20.8 Å². The summed E-state index contributed by atoms with van der Waals surface area (Å²) in [5, 5.41) is 22.8. The van der Waals surface area contributed by atoms with E-state index in [1.807, 2.05) is 0 Å². The standard InChI is InChI=1S/C16H22N2O5/c1-5-7-11(8-9-19)10-12(14(21)22)17-15(23)16(3,4)18-13(20)6-2/h5-9,12,19H,1-2,10H2,3-4H3,(H,17,23)(H,18,20)(H,21,22)/b9-8-,11-7+. The molecule has 126 valence electrons. The Balaban J connectivity index is 5.14. The summed E-state index contributed by atoms with van der Waals surface area (Å²) >= 11 is 0. The summed E-state index contributed by atoms with van der Waals surface area (Å²) in [5.41, 5.74) is -0.850. The smallest absolute Gasteiger partial charge is 0.326 e. The molecule has 0 radical (unpaired) electrons. The summed E-state index contributed by atoms with van der Waals surface area (Å²) in [6.45, 7) is 9.66. The Hall–Kier alpha value is -2.83. The first-order valence-corrected chi connectivity index (χ1v) is 6.78. The third-order valence-corrected chi connectivity index (χ3v) is 2.85. The van der Waals surface area contributed by atoms with Gasteiger partial charge in [-0.25, -0.2) is 4.79 Å². The van der Waals surface area contributed by atoms with Crippen molar-refractivity contribution in [2.45, 2.75) is 31.8 Å². The second-order valence-electron chi connectivity index (χ2n) is 5.18. The van der Waals surface area contributed by atoms with E-state index in [1.54, 1.807) is 0 Å². The van der Waals surface area contributed by atoms with E-state index in [0.717, 1.165) is 12.3 Å². The van der Waals surface area contributed by atoms with E-state index in [9.17, 15) is 19.5 Å². The SMILES string of the molecule is C=C/C=C(\C=C/O)CC(NC(=O)C(C)(C)NC(=O)C=C)C(=O)O. The second kappa shape index (κ2) is 9.24. The molecule has 0 aromatic rings. The summed E-state index contributed by atoms with van der Waals surface area (Å²) in [6.07, 6.45) is 5.97. The summed E-state index contributed by atoms with van der Waals surface area (Å²) in [4.78, 5) is 34.8. The number of hydrogen-bond acceptors (Lipinski definition) is 4. The molecule has 0 aromatic heterocycles. The van der Waals surface area contributed by atoms with Crippen molar-refractivity contribution in [3.05, 3.63) is 49.3 Å². The molecule has 0 aliphatic carbocycles. The highest BCUT2D eigenvalue weighted by atomic mass is 16.4. The maximum Gasteiger partial charge on any atom is 0.326 e. The number of allylic oxidation sites excluding steroid dienone is 3. The molecule has 0 spiro atoms. The highest BCUT2D eigenvalue weighted by molar-refractivity contribution is 5.96. The zero-order chi connectivity index (χ0) is 18.0. The molecule has 0 bridgehead atoms. The first-order valence-electron chi connectivity index (χ1n) is 6.78. The summed E-state index contributed by atoms with van der Waals surface area (Å²) in [7, 11) is 0. The van der Waals surface area contributed by atoms with Gasteiger partial charge in [0, 0.05) is 6.42 Å². The third-order valence-electron chi connectivity index (χ3n) is 2.85. The molecule has 0 fully saturated rings. The monoisotopic (exact) mass is 322 g/mol. The second-order valence-corrected chi connectivity index (χ2v) is 5.18. The topological polar surface area (TPSA) is 116 Å². The van der Waals surface area contributed by atoms with Crippen molar-refractivity contribution in [1.29, 1.82) is 0 Å².